The molecule has 1 atom stereocenters. The molecule has 0 saturated heterocycles. The maximum absolute atomic E-state index is 13.8. The maximum Gasteiger partial charge on any atom is 0.370 e. The van der Waals surface area contributed by atoms with E-state index in [4.69, 9.17) is 16.3 Å². The van der Waals surface area contributed by atoms with Gasteiger partial charge in [-0.25, -0.2) is 13.2 Å². The lowest BCUT2D eigenvalue weighted by atomic mass is 9.81. The minimum atomic E-state index is -3.75. The molecule has 9 heteroatoms. The van der Waals surface area contributed by atoms with Crippen LogP contribution in [0.2, 0.25) is 5.02 Å². The minimum absolute atomic E-state index is 0.0275. The smallest absolute Gasteiger partial charge is 0.370 e. The second-order valence-electron chi connectivity index (χ2n) is 8.46. The van der Waals surface area contributed by atoms with Crippen LogP contribution in [0.1, 0.15) is 39.5 Å². The Labute approximate surface area is 205 Å². The number of para-hydroxylation sites is 1. The first-order valence-electron chi connectivity index (χ1n) is 11.2. The lowest BCUT2D eigenvalue weighted by Gasteiger charge is -2.36. The summed E-state index contributed by atoms with van der Waals surface area (Å²) in [6.45, 7) is 4.61. The molecule has 0 bridgehead atoms. The van der Waals surface area contributed by atoms with Crippen LogP contribution in [0.25, 0.3) is 0 Å². The van der Waals surface area contributed by atoms with E-state index in [1.54, 1.807) is 0 Å². The van der Waals surface area contributed by atoms with E-state index in [1.165, 1.54) is 12.1 Å². The fourth-order valence-corrected chi connectivity index (χ4v) is 6.59. The lowest BCUT2D eigenvalue weighted by molar-refractivity contribution is -0.137. The van der Waals surface area contributed by atoms with Gasteiger partial charge in [-0.1, -0.05) is 56.5 Å². The summed E-state index contributed by atoms with van der Waals surface area (Å²) in [7, 11) is -2.72. The number of anilines is 2. The van der Waals surface area contributed by atoms with Crippen LogP contribution < -0.4 is 9.64 Å². The highest BCUT2D eigenvalue weighted by Gasteiger charge is 2.41. The first kappa shape index (κ1) is 26.0. The van der Waals surface area contributed by atoms with Crippen molar-refractivity contribution in [1.29, 1.82) is 0 Å². The number of rotatable bonds is 8. The van der Waals surface area contributed by atoms with Crippen molar-refractivity contribution in [2.45, 2.75) is 44.4 Å². The van der Waals surface area contributed by atoms with Gasteiger partial charge in [0.05, 0.1) is 28.5 Å². The Bertz CT molecular complexity index is 1170. The van der Waals surface area contributed by atoms with Gasteiger partial charge in [-0.2, -0.15) is 4.39 Å². The van der Waals surface area contributed by atoms with Gasteiger partial charge in [0.1, 0.15) is 12.0 Å². The topological polar surface area (TPSA) is 72.9 Å². The molecular weight excluding hydrogens is 481 g/mol. The first-order valence-corrected chi connectivity index (χ1v) is 13.2. The van der Waals surface area contributed by atoms with Crippen molar-refractivity contribution in [2.24, 2.45) is 5.41 Å². The summed E-state index contributed by atoms with van der Waals surface area (Å²) in [4.78, 5) is 13.3. The number of halogens is 2. The summed E-state index contributed by atoms with van der Waals surface area (Å²) in [6.07, 6.45) is 3.88. The van der Waals surface area contributed by atoms with Crippen LogP contribution in [0.3, 0.4) is 0 Å². The average molecular weight is 510 g/mol. The largest absolute Gasteiger partial charge is 0.464 e. The Morgan fingerprint density at radius 3 is 2.56 bits per heavy atom. The van der Waals surface area contributed by atoms with Gasteiger partial charge < -0.3 is 14.4 Å². The Morgan fingerprint density at radius 1 is 1.24 bits per heavy atom. The SMILES string of the molecule is CCCCC1(CC)CN(c2ccccc2)c2cc(Cl)c(O/C=C(\F)C(=O)OC)cc2S(=O)(=O)C1. The fraction of sp³-hybridized carbons (Fsp3) is 0.400. The molecule has 1 aliphatic rings. The Kier molecular flexibility index (Phi) is 8.25. The molecule has 184 valence electrons. The third kappa shape index (κ3) is 5.55. The van der Waals surface area contributed by atoms with E-state index < -0.39 is 27.0 Å². The Balaban J connectivity index is 2.17. The van der Waals surface area contributed by atoms with Gasteiger partial charge in [0, 0.05) is 23.7 Å². The van der Waals surface area contributed by atoms with Crippen LogP contribution in [0.5, 0.6) is 5.75 Å². The van der Waals surface area contributed by atoms with Crippen molar-refractivity contribution in [3.63, 3.8) is 0 Å². The van der Waals surface area contributed by atoms with Crippen LogP contribution in [0.15, 0.2) is 59.4 Å². The van der Waals surface area contributed by atoms with Crippen LogP contribution >= 0.6 is 11.6 Å². The van der Waals surface area contributed by atoms with E-state index in [0.717, 1.165) is 32.1 Å². The molecule has 2 aromatic rings. The molecule has 6 nitrogen and oxygen atoms in total. The maximum atomic E-state index is 13.8. The van der Waals surface area contributed by atoms with Crippen LogP contribution in [-0.2, 0) is 19.4 Å². The summed E-state index contributed by atoms with van der Waals surface area (Å²) in [5.74, 6) is -2.59. The van der Waals surface area contributed by atoms with Crippen LogP contribution in [-0.4, -0.2) is 33.8 Å². The molecule has 0 amide bonds. The molecule has 2 aromatic carbocycles. The van der Waals surface area contributed by atoms with E-state index in [0.29, 0.717) is 24.9 Å². The van der Waals surface area contributed by atoms with Gasteiger partial charge in [-0.15, -0.1) is 0 Å². The van der Waals surface area contributed by atoms with Crippen LogP contribution in [0.4, 0.5) is 15.8 Å². The second-order valence-corrected chi connectivity index (χ2v) is 10.8. The van der Waals surface area contributed by atoms with Gasteiger partial charge in [0.15, 0.2) is 9.84 Å². The molecule has 0 aliphatic carbocycles. The van der Waals surface area contributed by atoms with E-state index >= 15 is 0 Å². The molecule has 0 saturated carbocycles. The summed E-state index contributed by atoms with van der Waals surface area (Å²) in [6, 6.07) is 12.4. The summed E-state index contributed by atoms with van der Waals surface area (Å²) in [5, 5.41) is 0.0846. The van der Waals surface area contributed by atoms with Crippen molar-refractivity contribution in [3.8, 4) is 5.75 Å². The number of fused-ring (bicyclic) bond motifs is 1. The summed E-state index contributed by atoms with van der Waals surface area (Å²) < 4.78 is 50.7. The van der Waals surface area contributed by atoms with Gasteiger partial charge in [-0.3, -0.25) is 0 Å². The van der Waals surface area contributed by atoms with Crippen molar-refractivity contribution in [2.75, 3.05) is 24.3 Å². The number of sulfone groups is 1. The zero-order chi connectivity index (χ0) is 24.9. The normalized spacial score (nSPS) is 19.8. The molecule has 0 radical (unpaired) electrons. The van der Waals surface area contributed by atoms with E-state index in [1.807, 2.05) is 42.2 Å². The third-order valence-electron chi connectivity index (χ3n) is 6.18. The molecule has 0 aromatic heterocycles. The predicted octanol–water partition coefficient (Wildman–Crippen LogP) is 6.21. The number of hydrogen-bond donors (Lipinski definition) is 0. The Morgan fingerprint density at radius 2 is 1.94 bits per heavy atom. The van der Waals surface area contributed by atoms with E-state index in [-0.39, 0.29) is 21.4 Å². The number of hydrogen-bond acceptors (Lipinski definition) is 6. The lowest BCUT2D eigenvalue weighted by Crippen LogP contribution is -2.37. The molecular formula is C25H29ClFNO5S. The molecule has 1 aliphatic heterocycles. The Hall–Kier alpha value is -2.58. The van der Waals surface area contributed by atoms with E-state index in [9.17, 15) is 17.6 Å². The molecule has 1 unspecified atom stereocenters. The predicted molar refractivity (Wildman–Crippen MR) is 131 cm³/mol. The summed E-state index contributed by atoms with van der Waals surface area (Å²) in [5.41, 5.74) is 0.818. The third-order valence-corrected chi connectivity index (χ3v) is 8.46. The number of benzene rings is 2. The van der Waals surface area contributed by atoms with Crippen molar-refractivity contribution >= 4 is 38.8 Å². The molecule has 0 fully saturated rings. The van der Waals surface area contributed by atoms with Gasteiger partial charge in [0.25, 0.3) is 0 Å². The quantitative estimate of drug-likeness (QED) is 0.239. The summed E-state index contributed by atoms with van der Waals surface area (Å²) >= 11 is 6.43. The zero-order valence-corrected chi connectivity index (χ0v) is 21.1. The van der Waals surface area contributed by atoms with Gasteiger partial charge >= 0.3 is 5.97 Å². The number of methoxy groups -OCH3 is 1. The van der Waals surface area contributed by atoms with Gasteiger partial charge in [0.2, 0.25) is 5.83 Å². The highest BCUT2D eigenvalue weighted by atomic mass is 35.5. The molecule has 0 spiro atoms. The van der Waals surface area contributed by atoms with Crippen LogP contribution in [0, 0.1) is 5.41 Å². The number of carbonyl (C=O) groups is 1. The van der Waals surface area contributed by atoms with Crippen molar-refractivity contribution < 1.29 is 27.1 Å². The standard InChI is InChI=1S/C25H29ClFNO5S/c1-4-6-12-25(5-2)16-28(18-10-8-7-9-11-18)21-13-19(26)22(14-23(21)34(30,31)17-25)33-15-20(27)24(29)32-3/h7-11,13-15H,4-6,12,16-17H2,1-3H3/b20-15-. The number of carbonyl (C=O) groups excluding carboxylic acids is 1. The minimum Gasteiger partial charge on any atom is -0.464 e. The number of ether oxygens (including phenoxy) is 2. The first-order chi connectivity index (χ1) is 16.2. The average Bonchev–Trinajstić information content (AvgIpc) is 2.93. The van der Waals surface area contributed by atoms with E-state index in [2.05, 4.69) is 11.7 Å². The monoisotopic (exact) mass is 509 g/mol. The molecule has 0 N–H and O–H groups in total. The fourth-order valence-electron chi connectivity index (χ4n) is 4.21. The second kappa shape index (κ2) is 10.8. The highest BCUT2D eigenvalue weighted by Crippen LogP contribution is 2.46. The van der Waals surface area contributed by atoms with Crippen molar-refractivity contribution in [3.05, 3.63) is 59.6 Å². The van der Waals surface area contributed by atoms with Crippen molar-refractivity contribution in [1.82, 2.24) is 0 Å². The number of esters is 1. The number of nitrogens with zero attached hydrogens (tertiary/aromatic N) is 1. The zero-order valence-electron chi connectivity index (χ0n) is 19.5. The number of unbranched alkanes of at least 4 members (excludes halogenated alkanes) is 1. The molecule has 3 rings (SSSR count). The highest BCUT2D eigenvalue weighted by molar-refractivity contribution is 7.91. The molecule has 1 heterocycles. The van der Waals surface area contributed by atoms with Gasteiger partial charge in [-0.05, 0) is 31.0 Å². The molecule has 34 heavy (non-hydrogen) atoms.